The lowest BCUT2D eigenvalue weighted by Crippen LogP contribution is -2.63. The van der Waals surface area contributed by atoms with Gasteiger partial charge in [0.2, 0.25) is 11.6 Å². The summed E-state index contributed by atoms with van der Waals surface area (Å²) in [4.78, 5) is 32.7. The van der Waals surface area contributed by atoms with Gasteiger partial charge in [0.05, 0.1) is 11.6 Å². The van der Waals surface area contributed by atoms with Crippen molar-refractivity contribution in [2.75, 3.05) is 28.2 Å². The number of ether oxygens (including phenoxy) is 2. The van der Waals surface area contributed by atoms with Crippen LogP contribution in [0.2, 0.25) is 0 Å². The maximum Gasteiger partial charge on any atom is 0.265 e. The number of aromatic nitrogens is 1. The minimum Gasteiger partial charge on any atom is -0.507 e. The van der Waals surface area contributed by atoms with Crippen molar-refractivity contribution >= 4 is 17.3 Å². The molecule has 260 valence electrons. The number of ketones is 2. The van der Waals surface area contributed by atoms with Crippen molar-refractivity contribution in [1.29, 1.82) is 0 Å². The molecule has 1 aromatic heterocycles. The highest BCUT2D eigenvalue weighted by Gasteiger charge is 2.65. The first kappa shape index (κ1) is 33.6. The molecule has 2 N–H and O–H groups in total. The number of nitrogens with zero attached hydrogens (tertiary/aromatic N) is 3. The van der Waals surface area contributed by atoms with Gasteiger partial charge in [0, 0.05) is 29.2 Å². The Bertz CT molecular complexity index is 2010. The minimum absolute atomic E-state index is 0.0598. The molecule has 0 aliphatic heterocycles. The van der Waals surface area contributed by atoms with Crippen LogP contribution in [0.15, 0.2) is 70.8 Å². The zero-order valence-electron chi connectivity index (χ0n) is 28.7. The summed E-state index contributed by atoms with van der Waals surface area (Å²) in [5, 5.41) is 28.5. The normalized spacial score (nSPS) is 22.7. The average molecular weight is 682 g/mol. The molecule has 10 nitrogen and oxygen atoms in total. The van der Waals surface area contributed by atoms with Crippen LogP contribution < -0.4 is 9.47 Å². The second-order valence-electron chi connectivity index (χ2n) is 14.0. The Balaban J connectivity index is 1.34. The first-order valence-corrected chi connectivity index (χ1v) is 16.7. The number of rotatable bonds is 9. The second-order valence-corrected chi connectivity index (χ2v) is 14.0. The van der Waals surface area contributed by atoms with Crippen LogP contribution in [0, 0.1) is 24.6 Å². The Morgan fingerprint density at radius 1 is 0.940 bits per heavy atom. The predicted molar refractivity (Wildman–Crippen MR) is 182 cm³/mol. The zero-order chi connectivity index (χ0) is 35.5. The van der Waals surface area contributed by atoms with E-state index in [-0.39, 0.29) is 72.3 Å². The van der Waals surface area contributed by atoms with Gasteiger partial charge in [0.15, 0.2) is 11.4 Å². The van der Waals surface area contributed by atoms with Gasteiger partial charge in [-0.3, -0.25) is 14.5 Å². The lowest BCUT2D eigenvalue weighted by Gasteiger charge is -2.49. The minimum atomic E-state index is -2.57. The third kappa shape index (κ3) is 5.31. The maximum absolute atomic E-state index is 16.6. The molecular formula is C39H40FN3O7. The molecule has 1 heterocycles. The summed E-state index contributed by atoms with van der Waals surface area (Å²) in [6, 6.07) is 18.0. The van der Waals surface area contributed by atoms with Crippen molar-refractivity contribution in [3.8, 4) is 11.6 Å². The van der Waals surface area contributed by atoms with Crippen molar-refractivity contribution in [2.24, 2.45) is 11.8 Å². The number of halogens is 1. The van der Waals surface area contributed by atoms with Gasteiger partial charge < -0.3 is 29.1 Å². The number of carbonyl (C=O) groups excluding carboxylic acids is 2. The lowest BCUT2D eigenvalue weighted by atomic mass is 9.57. The number of hydrogen-bond acceptors (Lipinski definition) is 10. The summed E-state index contributed by atoms with van der Waals surface area (Å²) in [7, 11) is 7.20. The van der Waals surface area contributed by atoms with Crippen LogP contribution in [0.3, 0.4) is 0 Å². The van der Waals surface area contributed by atoms with Crippen molar-refractivity contribution in [3.63, 3.8) is 0 Å². The Hall–Kier alpha value is -4.84. The summed E-state index contributed by atoms with van der Waals surface area (Å²) in [6.45, 7) is 2.23. The van der Waals surface area contributed by atoms with Crippen LogP contribution in [0.5, 0.6) is 11.6 Å². The molecular weight excluding hydrogens is 641 g/mol. The average Bonchev–Trinajstić information content (AvgIpc) is 3.51. The van der Waals surface area contributed by atoms with E-state index in [1.165, 1.54) is 0 Å². The third-order valence-corrected chi connectivity index (χ3v) is 10.3. The van der Waals surface area contributed by atoms with E-state index in [0.717, 1.165) is 11.1 Å². The highest BCUT2D eigenvalue weighted by atomic mass is 19.1. The monoisotopic (exact) mass is 681 g/mol. The lowest BCUT2D eigenvalue weighted by molar-refractivity contribution is -0.142. The summed E-state index contributed by atoms with van der Waals surface area (Å²) in [5.74, 6) is -4.15. The number of aliphatic hydroxyl groups is 2. The highest BCUT2D eigenvalue weighted by Crippen LogP contribution is 2.56. The van der Waals surface area contributed by atoms with Crippen LogP contribution in [0.4, 0.5) is 4.39 Å². The summed E-state index contributed by atoms with van der Waals surface area (Å²) >= 11 is 0. The van der Waals surface area contributed by atoms with Gasteiger partial charge in [-0.15, -0.1) is 0 Å². The van der Waals surface area contributed by atoms with Gasteiger partial charge in [-0.1, -0.05) is 60.7 Å². The van der Waals surface area contributed by atoms with Gasteiger partial charge >= 0.3 is 0 Å². The van der Waals surface area contributed by atoms with Gasteiger partial charge in [0.25, 0.3) is 5.88 Å². The molecule has 4 atom stereocenters. The van der Waals surface area contributed by atoms with Gasteiger partial charge in [-0.2, -0.15) is 0 Å². The number of Topliss-reactive ketones (excluding diaryl/α,β-unsaturated/α-hetero) is 2. The quantitative estimate of drug-likeness (QED) is 0.216. The molecule has 50 heavy (non-hydrogen) atoms. The molecule has 0 spiro atoms. The molecule has 3 aliphatic rings. The Morgan fingerprint density at radius 3 is 2.16 bits per heavy atom. The van der Waals surface area contributed by atoms with Gasteiger partial charge in [-0.25, -0.2) is 4.39 Å². The number of carbonyl (C=O) groups is 2. The van der Waals surface area contributed by atoms with E-state index in [2.05, 4.69) is 5.16 Å². The van der Waals surface area contributed by atoms with Crippen molar-refractivity contribution in [2.45, 2.75) is 51.2 Å². The predicted octanol–water partition coefficient (Wildman–Crippen LogP) is 5.60. The van der Waals surface area contributed by atoms with Gasteiger partial charge in [-0.05, 0) is 75.7 Å². The molecule has 0 bridgehead atoms. The van der Waals surface area contributed by atoms with Crippen LogP contribution in [0.25, 0.3) is 5.76 Å². The molecule has 0 saturated heterocycles. The van der Waals surface area contributed by atoms with E-state index in [4.69, 9.17) is 14.0 Å². The number of fused-ring (bicyclic) bond motifs is 4. The van der Waals surface area contributed by atoms with Crippen LogP contribution in [-0.2, 0) is 31.0 Å². The molecule has 0 unspecified atom stereocenters. The van der Waals surface area contributed by atoms with Gasteiger partial charge in [0.1, 0.15) is 36.1 Å². The molecule has 1 fully saturated rings. The standard InChI is InChI=1S/C39H40FN3O7/c1-21-26(18-42(2)3)31(40)25-16-24-17-27-32(43(4)5)35-30(38(41-50-35)49-20-23-14-10-7-11-15-23)37(46)39(27,47)36(45)28(24)33(44)29(25)34(21)48-19-22-12-8-6-9-13-22/h6-15,24,27,32,44,47H,16-20H2,1-5H3/t24-,27-,32-,39-/m0/s1. The molecule has 1 saturated carbocycles. The Kier molecular flexibility index (Phi) is 8.62. The van der Waals surface area contributed by atoms with E-state index in [9.17, 15) is 19.8 Å². The third-order valence-electron chi connectivity index (χ3n) is 10.3. The highest BCUT2D eigenvalue weighted by molar-refractivity contribution is 6.26. The SMILES string of the molecule is Cc1c(CN(C)C)c(F)c2c(c1OCc1ccccc1)C(O)=C1C(=O)[C@]3(O)C(=O)c4c(OCc5ccccc5)noc4[C@@H](N(C)C)[C@@H]3C[C@@H]1C2. The zero-order valence-corrected chi connectivity index (χ0v) is 28.7. The van der Waals surface area contributed by atoms with Crippen LogP contribution in [-0.4, -0.2) is 70.5 Å². The van der Waals surface area contributed by atoms with Crippen LogP contribution in [0.1, 0.15) is 62.0 Å². The van der Waals surface area contributed by atoms with Crippen molar-refractivity contribution < 1.29 is 38.2 Å². The fraction of sp³-hybridized carbons (Fsp3) is 0.359. The fourth-order valence-electron chi connectivity index (χ4n) is 7.92. The number of hydrogen-bond donors (Lipinski definition) is 2. The number of benzene rings is 3. The molecule has 3 aliphatic carbocycles. The first-order chi connectivity index (χ1) is 23.9. The molecule has 11 heteroatoms. The Labute approximate surface area is 289 Å². The van der Waals surface area contributed by atoms with E-state index in [1.807, 2.05) is 79.7 Å². The number of aliphatic hydroxyl groups excluding tert-OH is 1. The molecule has 4 aromatic rings. The molecule has 3 aromatic carbocycles. The van der Waals surface area contributed by atoms with E-state index in [0.29, 0.717) is 11.1 Å². The topological polar surface area (TPSA) is 126 Å². The van der Waals surface area contributed by atoms with E-state index < -0.39 is 46.6 Å². The maximum atomic E-state index is 16.6. The summed E-state index contributed by atoms with van der Waals surface area (Å²) < 4.78 is 34.5. The van der Waals surface area contributed by atoms with Crippen molar-refractivity contribution in [1.82, 2.24) is 15.0 Å². The Morgan fingerprint density at radius 2 is 1.56 bits per heavy atom. The largest absolute Gasteiger partial charge is 0.507 e. The summed E-state index contributed by atoms with van der Waals surface area (Å²) in [6.07, 6.45) is 0.150. The molecule has 0 radical (unpaired) electrons. The first-order valence-electron chi connectivity index (χ1n) is 16.7. The van der Waals surface area contributed by atoms with Crippen molar-refractivity contribution in [3.05, 3.63) is 117 Å². The fourth-order valence-corrected chi connectivity index (χ4v) is 7.92. The van der Waals surface area contributed by atoms with E-state index >= 15 is 4.39 Å². The van der Waals surface area contributed by atoms with E-state index in [1.54, 1.807) is 25.9 Å². The van der Waals surface area contributed by atoms with Crippen LogP contribution >= 0.6 is 0 Å². The second kappa shape index (κ2) is 12.8. The molecule has 0 amide bonds. The summed E-state index contributed by atoms with van der Waals surface area (Å²) in [5.41, 5.74) is 0.128. The smallest absolute Gasteiger partial charge is 0.265 e. The molecule has 7 rings (SSSR count).